The minimum Gasteiger partial charge on any atom is -0.399 e. The summed E-state index contributed by atoms with van der Waals surface area (Å²) in [5.74, 6) is 0.678. The maximum absolute atomic E-state index is 6.16. The fraction of sp³-hybridized carbons (Fsp3) is 0.500. The number of anilines is 1. The van der Waals surface area contributed by atoms with E-state index >= 15 is 0 Å². The molecule has 0 aliphatic heterocycles. The van der Waals surface area contributed by atoms with Gasteiger partial charge in [0.1, 0.15) is 0 Å². The molecule has 4 N–H and O–H groups in total. The number of hydrogen-bond donors (Lipinski definition) is 2. The Labute approximate surface area is 85.3 Å². The van der Waals surface area contributed by atoms with Gasteiger partial charge in [0.05, 0.1) is 0 Å². The van der Waals surface area contributed by atoms with E-state index in [4.69, 9.17) is 11.5 Å². The zero-order valence-corrected chi connectivity index (χ0v) is 8.66. The van der Waals surface area contributed by atoms with Crippen molar-refractivity contribution in [3.05, 3.63) is 29.3 Å². The highest BCUT2D eigenvalue weighted by Crippen LogP contribution is 2.36. The van der Waals surface area contributed by atoms with Crippen LogP contribution in [0.15, 0.2) is 18.2 Å². The summed E-state index contributed by atoms with van der Waals surface area (Å²) in [6.07, 6.45) is 3.88. The second-order valence-corrected chi connectivity index (χ2v) is 4.33. The van der Waals surface area contributed by atoms with Gasteiger partial charge >= 0.3 is 0 Å². The van der Waals surface area contributed by atoms with Gasteiger partial charge in [0.25, 0.3) is 0 Å². The van der Waals surface area contributed by atoms with Crippen LogP contribution in [0.25, 0.3) is 0 Å². The maximum atomic E-state index is 6.16. The van der Waals surface area contributed by atoms with Crippen LogP contribution in [0.4, 0.5) is 5.69 Å². The van der Waals surface area contributed by atoms with Crippen LogP contribution in [0.2, 0.25) is 0 Å². The molecule has 76 valence electrons. The first kappa shape index (κ1) is 9.53. The van der Waals surface area contributed by atoms with Gasteiger partial charge in [-0.3, -0.25) is 0 Å². The smallest absolute Gasteiger partial charge is 0.0347 e. The molecule has 1 aromatic carbocycles. The van der Waals surface area contributed by atoms with Gasteiger partial charge in [-0.05, 0) is 42.9 Å². The number of nitrogen functional groups attached to an aromatic ring is 1. The molecule has 2 rings (SSSR count). The van der Waals surface area contributed by atoms with E-state index in [-0.39, 0.29) is 6.04 Å². The minimum atomic E-state index is 0.187. The zero-order chi connectivity index (χ0) is 10.1. The molecule has 0 bridgehead atoms. The number of hydrogen-bond acceptors (Lipinski definition) is 2. The summed E-state index contributed by atoms with van der Waals surface area (Å²) in [6.45, 7) is 2.02. The Morgan fingerprint density at radius 3 is 2.57 bits per heavy atom. The Bertz CT molecular complexity index is 329. The van der Waals surface area contributed by atoms with Crippen molar-refractivity contribution in [2.24, 2.45) is 11.7 Å². The fourth-order valence-electron chi connectivity index (χ4n) is 1.94. The van der Waals surface area contributed by atoms with Crippen LogP contribution in [0.3, 0.4) is 0 Å². The number of rotatable bonds is 2. The Kier molecular flexibility index (Phi) is 2.46. The predicted octanol–water partition coefficient (Wildman–Crippen LogP) is 2.38. The Morgan fingerprint density at radius 1 is 1.36 bits per heavy atom. The largest absolute Gasteiger partial charge is 0.399 e. The van der Waals surface area contributed by atoms with Crippen molar-refractivity contribution < 1.29 is 0 Å². The summed E-state index contributed by atoms with van der Waals surface area (Å²) in [6, 6.07) is 6.38. The second-order valence-electron chi connectivity index (χ2n) is 4.33. The van der Waals surface area contributed by atoms with Crippen molar-refractivity contribution in [2.75, 3.05) is 5.73 Å². The van der Waals surface area contributed by atoms with E-state index in [1.807, 2.05) is 13.0 Å². The standard InChI is InChI=1S/C12H18N2/c1-8-5-6-10(7-11(8)13)12(14)9-3-2-4-9/h5-7,9,12H,2-4,13-14H2,1H3/t12-/m1/s1. The van der Waals surface area contributed by atoms with Crippen LogP contribution in [0.5, 0.6) is 0 Å². The molecular formula is C12H18N2. The third-order valence-electron chi connectivity index (χ3n) is 3.35. The summed E-state index contributed by atoms with van der Waals surface area (Å²) in [4.78, 5) is 0. The third-order valence-corrected chi connectivity index (χ3v) is 3.35. The molecule has 14 heavy (non-hydrogen) atoms. The van der Waals surface area contributed by atoms with Crippen molar-refractivity contribution in [3.63, 3.8) is 0 Å². The first-order valence-electron chi connectivity index (χ1n) is 5.30. The van der Waals surface area contributed by atoms with Crippen molar-refractivity contribution in [1.29, 1.82) is 0 Å². The highest BCUT2D eigenvalue weighted by molar-refractivity contribution is 5.49. The van der Waals surface area contributed by atoms with Gasteiger partial charge < -0.3 is 11.5 Å². The number of aryl methyl sites for hydroxylation is 1. The molecule has 1 fully saturated rings. The normalized spacial score (nSPS) is 19.0. The van der Waals surface area contributed by atoms with Gasteiger partial charge in [-0.25, -0.2) is 0 Å². The molecule has 1 atom stereocenters. The van der Waals surface area contributed by atoms with E-state index in [2.05, 4.69) is 12.1 Å². The third kappa shape index (κ3) is 1.62. The van der Waals surface area contributed by atoms with Crippen LogP contribution in [0.1, 0.15) is 36.4 Å². The maximum Gasteiger partial charge on any atom is 0.0347 e. The lowest BCUT2D eigenvalue weighted by Crippen LogP contribution is -2.26. The first-order chi connectivity index (χ1) is 6.68. The van der Waals surface area contributed by atoms with E-state index in [1.54, 1.807) is 0 Å². The summed E-state index contributed by atoms with van der Waals surface area (Å²) >= 11 is 0. The van der Waals surface area contributed by atoms with Crippen molar-refractivity contribution in [1.82, 2.24) is 0 Å². The molecule has 0 saturated heterocycles. The van der Waals surface area contributed by atoms with Gasteiger partial charge in [0, 0.05) is 11.7 Å². The quantitative estimate of drug-likeness (QED) is 0.703. The summed E-state index contributed by atoms with van der Waals surface area (Å²) in [7, 11) is 0. The van der Waals surface area contributed by atoms with Crippen LogP contribution < -0.4 is 11.5 Å². The van der Waals surface area contributed by atoms with Gasteiger partial charge in [-0.15, -0.1) is 0 Å². The van der Waals surface area contributed by atoms with Crippen molar-refractivity contribution in [3.8, 4) is 0 Å². The van der Waals surface area contributed by atoms with Crippen LogP contribution >= 0.6 is 0 Å². The molecule has 2 nitrogen and oxygen atoms in total. The van der Waals surface area contributed by atoms with Crippen molar-refractivity contribution in [2.45, 2.75) is 32.2 Å². The predicted molar refractivity (Wildman–Crippen MR) is 59.9 cm³/mol. The molecular weight excluding hydrogens is 172 g/mol. The van der Waals surface area contributed by atoms with E-state index < -0.39 is 0 Å². The molecule has 1 saturated carbocycles. The Morgan fingerprint density at radius 2 is 2.07 bits per heavy atom. The van der Waals surface area contributed by atoms with Crippen LogP contribution in [-0.2, 0) is 0 Å². The van der Waals surface area contributed by atoms with Crippen LogP contribution in [-0.4, -0.2) is 0 Å². The molecule has 1 aliphatic carbocycles. The van der Waals surface area contributed by atoms with Crippen molar-refractivity contribution >= 4 is 5.69 Å². The lowest BCUT2D eigenvalue weighted by molar-refractivity contribution is 0.264. The number of nitrogens with two attached hydrogens (primary N) is 2. The van der Waals surface area contributed by atoms with Gasteiger partial charge in [0.15, 0.2) is 0 Å². The molecule has 1 aliphatic rings. The zero-order valence-electron chi connectivity index (χ0n) is 8.66. The lowest BCUT2D eigenvalue weighted by Gasteiger charge is -2.31. The van der Waals surface area contributed by atoms with E-state index in [1.165, 1.54) is 24.8 Å². The molecule has 2 heteroatoms. The summed E-state index contributed by atoms with van der Waals surface area (Å²) in [5.41, 5.74) is 15.2. The highest BCUT2D eigenvalue weighted by atomic mass is 14.7. The van der Waals surface area contributed by atoms with Gasteiger partial charge in [-0.2, -0.15) is 0 Å². The average Bonchev–Trinajstić information content (AvgIpc) is 2.06. The molecule has 1 aromatic rings. The lowest BCUT2D eigenvalue weighted by atomic mass is 9.77. The second kappa shape index (κ2) is 3.62. The molecule has 0 unspecified atom stereocenters. The number of benzene rings is 1. The summed E-state index contributed by atoms with van der Waals surface area (Å²) in [5, 5.41) is 0. The SMILES string of the molecule is Cc1ccc([C@H](N)C2CCC2)cc1N. The van der Waals surface area contributed by atoms with E-state index in [9.17, 15) is 0 Å². The Balaban J connectivity index is 2.18. The molecule has 0 spiro atoms. The summed E-state index contributed by atoms with van der Waals surface area (Å²) < 4.78 is 0. The molecule has 0 aromatic heterocycles. The fourth-order valence-corrected chi connectivity index (χ4v) is 1.94. The van der Waals surface area contributed by atoms with E-state index in [0.29, 0.717) is 5.92 Å². The van der Waals surface area contributed by atoms with Crippen LogP contribution in [0, 0.1) is 12.8 Å². The highest BCUT2D eigenvalue weighted by Gasteiger charge is 2.25. The molecule has 0 amide bonds. The average molecular weight is 190 g/mol. The van der Waals surface area contributed by atoms with Gasteiger partial charge in [0.2, 0.25) is 0 Å². The molecule has 0 radical (unpaired) electrons. The minimum absolute atomic E-state index is 0.187. The van der Waals surface area contributed by atoms with E-state index in [0.717, 1.165) is 11.3 Å². The monoisotopic (exact) mass is 190 g/mol. The van der Waals surface area contributed by atoms with Gasteiger partial charge in [-0.1, -0.05) is 18.6 Å². The topological polar surface area (TPSA) is 52.0 Å². The Hall–Kier alpha value is -1.02. The first-order valence-corrected chi connectivity index (χ1v) is 5.30. The molecule has 0 heterocycles.